The summed E-state index contributed by atoms with van der Waals surface area (Å²) in [7, 11) is 0. The molecule has 0 amide bonds. The first-order chi connectivity index (χ1) is 9.95. The second-order valence-corrected chi connectivity index (χ2v) is 6.36. The van der Waals surface area contributed by atoms with E-state index in [4.69, 9.17) is 10.3 Å². The van der Waals surface area contributed by atoms with Gasteiger partial charge in [-0.1, -0.05) is 62.3 Å². The molecule has 0 fully saturated rings. The summed E-state index contributed by atoms with van der Waals surface area (Å²) in [4.78, 5) is 4.45. The average Bonchev–Trinajstić information content (AvgIpc) is 2.94. The van der Waals surface area contributed by atoms with Crippen molar-refractivity contribution < 1.29 is 4.52 Å². The summed E-state index contributed by atoms with van der Waals surface area (Å²) < 4.78 is 5.33. The van der Waals surface area contributed by atoms with Gasteiger partial charge in [0, 0.05) is 5.56 Å². The van der Waals surface area contributed by atoms with Crippen molar-refractivity contribution in [3.8, 4) is 11.4 Å². The van der Waals surface area contributed by atoms with Gasteiger partial charge >= 0.3 is 0 Å². The number of hydrogen-bond acceptors (Lipinski definition) is 4. The van der Waals surface area contributed by atoms with Crippen LogP contribution >= 0.6 is 0 Å². The zero-order valence-corrected chi connectivity index (χ0v) is 12.5. The third-order valence-electron chi connectivity index (χ3n) is 3.65. The predicted molar refractivity (Wildman–Crippen MR) is 83.6 cm³/mol. The summed E-state index contributed by atoms with van der Waals surface area (Å²) >= 11 is 0. The maximum atomic E-state index is 6.16. The average molecular weight is 281 g/mol. The van der Waals surface area contributed by atoms with Crippen molar-refractivity contribution >= 4 is 10.8 Å². The SMILES string of the molecule is CC(C)(C)C(N)c1nc(-c2ccc3ccccc3c2)no1. The van der Waals surface area contributed by atoms with E-state index in [2.05, 4.69) is 55.2 Å². The molecule has 4 nitrogen and oxygen atoms in total. The second-order valence-electron chi connectivity index (χ2n) is 6.36. The van der Waals surface area contributed by atoms with Crippen molar-refractivity contribution in [1.82, 2.24) is 10.1 Å². The molecule has 0 saturated carbocycles. The normalized spacial score (nSPS) is 13.5. The highest BCUT2D eigenvalue weighted by Crippen LogP contribution is 2.30. The van der Waals surface area contributed by atoms with E-state index in [0.29, 0.717) is 11.7 Å². The fraction of sp³-hybridized carbons (Fsp3) is 0.294. The minimum absolute atomic E-state index is 0.118. The molecule has 3 rings (SSSR count). The molecule has 1 aromatic heterocycles. The smallest absolute Gasteiger partial charge is 0.244 e. The Morgan fingerprint density at radius 2 is 1.76 bits per heavy atom. The molecule has 0 radical (unpaired) electrons. The number of fused-ring (bicyclic) bond motifs is 1. The van der Waals surface area contributed by atoms with Gasteiger partial charge in [-0.05, 0) is 22.3 Å². The Balaban J connectivity index is 1.98. The van der Waals surface area contributed by atoms with Gasteiger partial charge in [-0.25, -0.2) is 0 Å². The fourth-order valence-corrected chi connectivity index (χ4v) is 2.18. The van der Waals surface area contributed by atoms with Gasteiger partial charge in [-0.15, -0.1) is 0 Å². The Morgan fingerprint density at radius 3 is 2.48 bits per heavy atom. The first-order valence-corrected chi connectivity index (χ1v) is 7.03. The summed E-state index contributed by atoms with van der Waals surface area (Å²) in [5, 5.41) is 6.41. The lowest BCUT2D eigenvalue weighted by molar-refractivity contribution is 0.253. The third kappa shape index (κ3) is 2.67. The molecule has 2 aromatic carbocycles. The monoisotopic (exact) mass is 281 g/mol. The fourth-order valence-electron chi connectivity index (χ4n) is 2.18. The Bertz CT molecular complexity index is 771. The zero-order valence-electron chi connectivity index (χ0n) is 12.5. The van der Waals surface area contributed by atoms with Gasteiger partial charge in [0.2, 0.25) is 11.7 Å². The van der Waals surface area contributed by atoms with Gasteiger partial charge < -0.3 is 10.3 Å². The Morgan fingerprint density at radius 1 is 1.05 bits per heavy atom. The van der Waals surface area contributed by atoms with Crippen molar-refractivity contribution in [3.05, 3.63) is 48.4 Å². The minimum atomic E-state index is -0.279. The van der Waals surface area contributed by atoms with Crippen molar-refractivity contribution in [2.75, 3.05) is 0 Å². The minimum Gasteiger partial charge on any atom is -0.337 e. The number of nitrogens with two attached hydrogens (primary N) is 1. The van der Waals surface area contributed by atoms with E-state index in [9.17, 15) is 0 Å². The highest BCUT2D eigenvalue weighted by molar-refractivity contribution is 5.86. The van der Waals surface area contributed by atoms with E-state index < -0.39 is 0 Å². The van der Waals surface area contributed by atoms with Crippen molar-refractivity contribution in [2.45, 2.75) is 26.8 Å². The Kier molecular flexibility index (Phi) is 3.26. The van der Waals surface area contributed by atoms with Gasteiger partial charge in [-0.2, -0.15) is 4.98 Å². The van der Waals surface area contributed by atoms with Crippen LogP contribution in [0.5, 0.6) is 0 Å². The molecule has 1 atom stereocenters. The van der Waals surface area contributed by atoms with Crippen LogP contribution in [0.25, 0.3) is 22.2 Å². The lowest BCUT2D eigenvalue weighted by Crippen LogP contribution is -2.26. The molecule has 2 N–H and O–H groups in total. The van der Waals surface area contributed by atoms with Crippen molar-refractivity contribution in [2.24, 2.45) is 11.1 Å². The summed E-state index contributed by atoms with van der Waals surface area (Å²) in [6, 6.07) is 14.0. The summed E-state index contributed by atoms with van der Waals surface area (Å²) in [5.41, 5.74) is 6.97. The maximum Gasteiger partial charge on any atom is 0.244 e. The van der Waals surface area contributed by atoms with Crippen LogP contribution in [0, 0.1) is 5.41 Å². The highest BCUT2D eigenvalue weighted by atomic mass is 16.5. The van der Waals surface area contributed by atoms with Gasteiger partial charge in [-0.3, -0.25) is 0 Å². The van der Waals surface area contributed by atoms with Crippen LogP contribution in [-0.4, -0.2) is 10.1 Å². The standard InChI is InChI=1S/C17H19N3O/c1-17(2,3)14(18)16-19-15(20-21-16)13-9-8-11-6-4-5-7-12(11)10-13/h4-10,14H,18H2,1-3H3. The molecule has 0 bridgehead atoms. The molecular weight excluding hydrogens is 262 g/mol. The third-order valence-corrected chi connectivity index (χ3v) is 3.65. The molecule has 1 unspecified atom stereocenters. The van der Waals surface area contributed by atoms with Gasteiger partial charge in [0.05, 0.1) is 6.04 Å². The molecule has 0 aliphatic rings. The zero-order chi connectivity index (χ0) is 15.0. The number of hydrogen-bond donors (Lipinski definition) is 1. The number of rotatable bonds is 2. The number of nitrogens with zero attached hydrogens (tertiary/aromatic N) is 2. The molecular formula is C17H19N3O. The topological polar surface area (TPSA) is 64.9 Å². The molecule has 0 spiro atoms. The number of benzene rings is 2. The van der Waals surface area contributed by atoms with E-state index in [1.54, 1.807) is 0 Å². The lowest BCUT2D eigenvalue weighted by Gasteiger charge is -2.23. The van der Waals surface area contributed by atoms with Crippen LogP contribution in [0.15, 0.2) is 47.0 Å². The van der Waals surface area contributed by atoms with E-state index in [1.807, 2.05) is 18.2 Å². The Hall–Kier alpha value is -2.20. The molecule has 0 saturated heterocycles. The van der Waals surface area contributed by atoms with Crippen LogP contribution in [-0.2, 0) is 0 Å². The van der Waals surface area contributed by atoms with Crippen LogP contribution in [0.2, 0.25) is 0 Å². The van der Waals surface area contributed by atoms with Crippen LogP contribution in [0.1, 0.15) is 32.7 Å². The molecule has 21 heavy (non-hydrogen) atoms. The van der Waals surface area contributed by atoms with E-state index in [1.165, 1.54) is 5.39 Å². The predicted octanol–water partition coefficient (Wildman–Crippen LogP) is 3.94. The summed E-state index contributed by atoms with van der Waals surface area (Å²) in [6.07, 6.45) is 0. The van der Waals surface area contributed by atoms with E-state index in [0.717, 1.165) is 10.9 Å². The first kappa shape index (κ1) is 13.8. The van der Waals surface area contributed by atoms with Crippen molar-refractivity contribution in [1.29, 1.82) is 0 Å². The lowest BCUT2D eigenvalue weighted by atomic mass is 9.87. The largest absolute Gasteiger partial charge is 0.337 e. The molecule has 108 valence electrons. The maximum absolute atomic E-state index is 6.16. The van der Waals surface area contributed by atoms with Gasteiger partial charge in [0.15, 0.2) is 0 Å². The van der Waals surface area contributed by atoms with Gasteiger partial charge in [0.25, 0.3) is 0 Å². The van der Waals surface area contributed by atoms with Gasteiger partial charge in [0.1, 0.15) is 0 Å². The van der Waals surface area contributed by atoms with Crippen LogP contribution < -0.4 is 5.73 Å². The van der Waals surface area contributed by atoms with E-state index >= 15 is 0 Å². The molecule has 1 heterocycles. The molecule has 0 aliphatic heterocycles. The molecule has 0 aliphatic carbocycles. The van der Waals surface area contributed by atoms with Crippen LogP contribution in [0.4, 0.5) is 0 Å². The highest BCUT2D eigenvalue weighted by Gasteiger charge is 2.27. The molecule has 4 heteroatoms. The second kappa shape index (κ2) is 4.97. The number of aromatic nitrogens is 2. The Labute approximate surface area is 124 Å². The first-order valence-electron chi connectivity index (χ1n) is 7.03. The van der Waals surface area contributed by atoms with Crippen molar-refractivity contribution in [3.63, 3.8) is 0 Å². The van der Waals surface area contributed by atoms with Crippen LogP contribution in [0.3, 0.4) is 0 Å². The quantitative estimate of drug-likeness (QED) is 0.772. The summed E-state index contributed by atoms with van der Waals surface area (Å²) in [6.45, 7) is 6.16. The summed E-state index contributed by atoms with van der Waals surface area (Å²) in [5.74, 6) is 1.06. The van der Waals surface area contributed by atoms with E-state index in [-0.39, 0.29) is 11.5 Å². The molecule has 3 aromatic rings.